The highest BCUT2D eigenvalue weighted by Gasteiger charge is 2.38. The maximum absolute atomic E-state index is 12.4. The number of para-hydroxylation sites is 2. The second-order valence-corrected chi connectivity index (χ2v) is 6.26. The third kappa shape index (κ3) is 4.02. The lowest BCUT2D eigenvalue weighted by atomic mass is 10.1. The van der Waals surface area contributed by atoms with Gasteiger partial charge in [-0.25, -0.2) is 4.98 Å². The lowest BCUT2D eigenvalue weighted by Gasteiger charge is -2.10. The van der Waals surface area contributed by atoms with E-state index < -0.39 is 22.7 Å². The number of carbonyl (C=O) groups excluding carboxylic acids is 2. The number of hydrogen-bond acceptors (Lipinski definition) is 6. The number of aromatic nitrogens is 2. The van der Waals surface area contributed by atoms with E-state index in [0.29, 0.717) is 11.0 Å². The molecule has 0 saturated carbocycles. The fraction of sp³-hybridized carbons (Fsp3) is 0.0588. The van der Waals surface area contributed by atoms with E-state index in [-0.39, 0.29) is 21.4 Å². The van der Waals surface area contributed by atoms with Crippen molar-refractivity contribution >= 4 is 51.6 Å². The quantitative estimate of drug-likeness (QED) is 0.395. The average molecular weight is 405 g/mol. The molecule has 0 saturated heterocycles. The Kier molecular flexibility index (Phi) is 5.29. The molecule has 3 aromatic rings. The zero-order chi connectivity index (χ0) is 19.6. The van der Waals surface area contributed by atoms with E-state index >= 15 is 0 Å². The number of nitro groups is 1. The van der Waals surface area contributed by atoms with Crippen molar-refractivity contribution in [2.75, 3.05) is 5.32 Å². The Morgan fingerprint density at radius 3 is 2.52 bits per heavy atom. The summed E-state index contributed by atoms with van der Waals surface area (Å²) in [6.07, 6.45) is 1.10. The number of amides is 1. The number of nitrogens with zero attached hydrogens (tertiary/aromatic N) is 3. The van der Waals surface area contributed by atoms with Crippen LogP contribution in [-0.2, 0) is 9.59 Å². The number of ketones is 1. The van der Waals surface area contributed by atoms with Crippen LogP contribution in [0.1, 0.15) is 11.7 Å². The topological polar surface area (TPSA) is 115 Å². The highest BCUT2D eigenvalue weighted by atomic mass is 35.5. The van der Waals surface area contributed by atoms with Crippen LogP contribution in [0, 0.1) is 10.1 Å². The smallest absolute Gasteiger partial charge is 0.318 e. The van der Waals surface area contributed by atoms with Gasteiger partial charge in [0, 0.05) is 9.95 Å². The summed E-state index contributed by atoms with van der Waals surface area (Å²) in [5.74, 6) is -2.52. The van der Waals surface area contributed by atoms with Gasteiger partial charge in [-0.3, -0.25) is 24.7 Å². The highest BCUT2D eigenvalue weighted by molar-refractivity contribution is 6.43. The predicted molar refractivity (Wildman–Crippen MR) is 99.4 cm³/mol. The van der Waals surface area contributed by atoms with E-state index in [0.717, 1.165) is 6.20 Å². The largest absolute Gasteiger partial charge is 0.322 e. The molecule has 1 N–H and O–H groups in total. The van der Waals surface area contributed by atoms with Crippen molar-refractivity contribution in [3.63, 3.8) is 0 Å². The molecule has 3 rings (SSSR count). The number of benzene rings is 2. The molecule has 27 heavy (non-hydrogen) atoms. The number of fused-ring (bicyclic) bond motifs is 1. The van der Waals surface area contributed by atoms with E-state index in [2.05, 4.69) is 15.3 Å². The van der Waals surface area contributed by atoms with Crippen LogP contribution in [0.25, 0.3) is 11.0 Å². The molecule has 0 radical (unpaired) electrons. The summed E-state index contributed by atoms with van der Waals surface area (Å²) < 4.78 is 0. The van der Waals surface area contributed by atoms with E-state index in [1.54, 1.807) is 24.3 Å². The summed E-state index contributed by atoms with van der Waals surface area (Å²) in [5.41, 5.74) is 0.698. The summed E-state index contributed by atoms with van der Waals surface area (Å²) in [6.45, 7) is 0. The molecule has 8 nitrogen and oxygen atoms in total. The number of Topliss-reactive ketones (excluding diaryl/α,β-unsaturated/α-hetero) is 1. The van der Waals surface area contributed by atoms with Crippen molar-refractivity contribution in [2.24, 2.45) is 0 Å². The molecule has 0 aliphatic carbocycles. The zero-order valence-corrected chi connectivity index (χ0v) is 14.9. The van der Waals surface area contributed by atoms with Gasteiger partial charge in [0.15, 0.2) is 0 Å². The molecule has 1 atom stereocenters. The minimum Gasteiger partial charge on any atom is -0.318 e. The molecule has 0 aliphatic rings. The predicted octanol–water partition coefficient (Wildman–Crippen LogP) is 3.46. The highest BCUT2D eigenvalue weighted by Crippen LogP contribution is 2.26. The molecule has 1 amide bonds. The summed E-state index contributed by atoms with van der Waals surface area (Å²) in [5, 5.41) is 14.1. The molecule has 1 unspecified atom stereocenters. The van der Waals surface area contributed by atoms with Gasteiger partial charge in [0.05, 0.1) is 27.9 Å². The first-order valence-corrected chi connectivity index (χ1v) is 8.28. The summed E-state index contributed by atoms with van der Waals surface area (Å²) in [7, 11) is 0. The minimum atomic E-state index is -2.00. The van der Waals surface area contributed by atoms with Crippen LogP contribution in [-0.4, -0.2) is 26.6 Å². The molecular formula is C17H10Cl2N4O4. The van der Waals surface area contributed by atoms with Gasteiger partial charge in [-0.15, -0.1) is 0 Å². The van der Waals surface area contributed by atoms with Crippen molar-refractivity contribution in [1.29, 1.82) is 0 Å². The lowest BCUT2D eigenvalue weighted by Crippen LogP contribution is -2.33. The van der Waals surface area contributed by atoms with Gasteiger partial charge in [0.2, 0.25) is 0 Å². The Labute approximate surface area is 162 Å². The van der Waals surface area contributed by atoms with Gasteiger partial charge in [-0.2, -0.15) is 0 Å². The zero-order valence-electron chi connectivity index (χ0n) is 13.4. The Morgan fingerprint density at radius 1 is 1.11 bits per heavy atom. The van der Waals surface area contributed by atoms with E-state index in [1.807, 2.05) is 0 Å². The molecule has 10 heteroatoms. The average Bonchev–Trinajstić information content (AvgIpc) is 2.64. The van der Waals surface area contributed by atoms with E-state index in [9.17, 15) is 19.7 Å². The number of carbonyl (C=O) groups is 2. The second kappa shape index (κ2) is 7.65. The fourth-order valence-corrected chi connectivity index (χ4v) is 2.68. The summed E-state index contributed by atoms with van der Waals surface area (Å²) in [6, 6.07) is 8.91. The van der Waals surface area contributed by atoms with Gasteiger partial charge in [-0.05, 0) is 30.3 Å². The number of halogens is 2. The van der Waals surface area contributed by atoms with Crippen LogP contribution in [0.2, 0.25) is 10.0 Å². The molecule has 1 heterocycles. The van der Waals surface area contributed by atoms with Crippen molar-refractivity contribution in [3.05, 3.63) is 74.5 Å². The first-order chi connectivity index (χ1) is 12.9. The SMILES string of the molecule is O=C(Nc1cc(Cl)ccc1Cl)C(=O)C(c1cnc2ccccc2n1)[N+](=O)[O-]. The molecule has 136 valence electrons. The molecule has 1 aromatic heterocycles. The molecule has 0 bridgehead atoms. The number of nitrogens with one attached hydrogen (secondary N) is 1. The summed E-state index contributed by atoms with van der Waals surface area (Å²) >= 11 is 11.8. The number of anilines is 1. The van der Waals surface area contributed by atoms with Crippen LogP contribution in [0.4, 0.5) is 5.69 Å². The molecule has 0 aliphatic heterocycles. The Morgan fingerprint density at radius 2 is 1.81 bits per heavy atom. The van der Waals surface area contributed by atoms with Crippen LogP contribution in [0.5, 0.6) is 0 Å². The first-order valence-electron chi connectivity index (χ1n) is 7.52. The Balaban J connectivity index is 1.91. The third-order valence-electron chi connectivity index (χ3n) is 3.61. The third-order valence-corrected chi connectivity index (χ3v) is 4.17. The van der Waals surface area contributed by atoms with E-state index in [1.165, 1.54) is 18.2 Å². The van der Waals surface area contributed by atoms with Crippen LogP contribution in [0.15, 0.2) is 48.7 Å². The van der Waals surface area contributed by atoms with Gasteiger partial charge >= 0.3 is 6.04 Å². The standard InChI is InChI=1S/C17H10Cl2N4O4/c18-9-5-6-10(19)13(7-9)22-17(25)16(24)15(23(26)27)14-8-20-11-3-1-2-4-12(11)21-14/h1-8,15H,(H,22,25). The number of hydrogen-bond donors (Lipinski definition) is 1. The molecule has 2 aromatic carbocycles. The maximum Gasteiger partial charge on any atom is 0.322 e. The van der Waals surface area contributed by atoms with Crippen molar-refractivity contribution < 1.29 is 14.5 Å². The van der Waals surface area contributed by atoms with Crippen molar-refractivity contribution in [3.8, 4) is 0 Å². The lowest BCUT2D eigenvalue weighted by molar-refractivity contribution is -0.513. The van der Waals surface area contributed by atoms with Crippen LogP contribution < -0.4 is 5.32 Å². The van der Waals surface area contributed by atoms with Crippen molar-refractivity contribution in [1.82, 2.24) is 9.97 Å². The fourth-order valence-electron chi connectivity index (χ4n) is 2.34. The normalized spacial score (nSPS) is 11.8. The van der Waals surface area contributed by atoms with Crippen molar-refractivity contribution in [2.45, 2.75) is 6.04 Å². The van der Waals surface area contributed by atoms with Gasteiger partial charge in [0.25, 0.3) is 11.7 Å². The van der Waals surface area contributed by atoms with E-state index in [4.69, 9.17) is 23.2 Å². The maximum atomic E-state index is 12.4. The number of rotatable bonds is 5. The summed E-state index contributed by atoms with van der Waals surface area (Å²) in [4.78, 5) is 43.4. The Bertz CT molecular complexity index is 1070. The van der Waals surface area contributed by atoms with Crippen LogP contribution >= 0.6 is 23.2 Å². The first kappa shape index (κ1) is 18.7. The minimum absolute atomic E-state index is 0.0641. The van der Waals surface area contributed by atoms with Gasteiger partial charge < -0.3 is 5.32 Å². The Hall–Kier alpha value is -3.10. The van der Waals surface area contributed by atoms with Gasteiger partial charge in [0.1, 0.15) is 5.69 Å². The molecular weight excluding hydrogens is 395 g/mol. The second-order valence-electron chi connectivity index (χ2n) is 5.41. The monoisotopic (exact) mass is 404 g/mol. The van der Waals surface area contributed by atoms with Gasteiger partial charge in [-0.1, -0.05) is 35.3 Å². The van der Waals surface area contributed by atoms with Crippen LogP contribution in [0.3, 0.4) is 0 Å². The molecule has 0 spiro atoms. The molecule has 0 fully saturated rings.